The molecule has 1 fully saturated rings. The Balaban J connectivity index is 1.76. The minimum Gasteiger partial charge on any atom is -0.351 e. The van der Waals surface area contributed by atoms with Crippen molar-refractivity contribution in [2.45, 2.75) is 51.2 Å². The second-order valence-electron chi connectivity index (χ2n) is 8.34. The molecule has 0 spiro atoms. The Morgan fingerprint density at radius 1 is 1.09 bits per heavy atom. The van der Waals surface area contributed by atoms with E-state index < -0.39 is 11.9 Å². The van der Waals surface area contributed by atoms with Crippen molar-refractivity contribution in [2.24, 2.45) is 0 Å². The number of halogens is 2. The standard InChI is InChI=1S/C25H25Cl2N3O2S/c1-16-11-13-18(14-12-16)22(24(31)28-19-9-5-6-10-19)30(15-17-7-3-2-4-8-17)25(32)21-20(26)23(27)33-29-21/h2-4,7-8,11-14,19,22H,5-6,9-10,15H2,1H3,(H,28,31)/t22-/m1/s1. The van der Waals surface area contributed by atoms with E-state index in [1.54, 1.807) is 4.90 Å². The number of nitrogens with one attached hydrogen (secondary N) is 1. The Kier molecular flexibility index (Phi) is 7.68. The zero-order valence-electron chi connectivity index (χ0n) is 18.3. The number of rotatable bonds is 7. The number of carbonyl (C=O) groups is 2. The molecule has 0 unspecified atom stereocenters. The molecule has 1 atom stereocenters. The summed E-state index contributed by atoms with van der Waals surface area (Å²) in [5.74, 6) is -0.633. The van der Waals surface area contributed by atoms with Gasteiger partial charge in [0.05, 0.1) is 0 Å². The lowest BCUT2D eigenvalue weighted by Crippen LogP contribution is -2.46. The van der Waals surface area contributed by atoms with E-state index in [0.29, 0.717) is 0 Å². The van der Waals surface area contributed by atoms with Crippen LogP contribution < -0.4 is 5.32 Å². The number of hydrogen-bond donors (Lipinski definition) is 1. The summed E-state index contributed by atoms with van der Waals surface area (Å²) < 4.78 is 4.44. The smallest absolute Gasteiger partial charge is 0.276 e. The number of carbonyl (C=O) groups excluding carboxylic acids is 2. The average Bonchev–Trinajstić information content (AvgIpc) is 3.44. The van der Waals surface area contributed by atoms with Crippen LogP contribution in [0.4, 0.5) is 0 Å². The third-order valence-corrected chi connectivity index (χ3v) is 7.52. The van der Waals surface area contributed by atoms with Gasteiger partial charge < -0.3 is 10.2 Å². The zero-order chi connectivity index (χ0) is 23.4. The fourth-order valence-electron chi connectivity index (χ4n) is 4.16. The van der Waals surface area contributed by atoms with Gasteiger partial charge in [0.15, 0.2) is 5.69 Å². The molecule has 1 aliphatic carbocycles. The number of aromatic nitrogens is 1. The predicted molar refractivity (Wildman–Crippen MR) is 133 cm³/mol. The summed E-state index contributed by atoms with van der Waals surface area (Å²) in [7, 11) is 0. The van der Waals surface area contributed by atoms with Crippen LogP contribution in [-0.2, 0) is 11.3 Å². The van der Waals surface area contributed by atoms with E-state index in [1.165, 1.54) is 0 Å². The molecule has 2 aromatic carbocycles. The highest BCUT2D eigenvalue weighted by atomic mass is 35.5. The van der Waals surface area contributed by atoms with E-state index in [9.17, 15) is 9.59 Å². The summed E-state index contributed by atoms with van der Waals surface area (Å²) in [5.41, 5.74) is 2.77. The molecule has 0 radical (unpaired) electrons. The Bertz CT molecular complexity index is 1110. The monoisotopic (exact) mass is 501 g/mol. The van der Waals surface area contributed by atoms with Crippen molar-refractivity contribution >= 4 is 46.5 Å². The molecule has 1 aliphatic rings. The fourth-order valence-corrected chi connectivity index (χ4v) is 5.15. The van der Waals surface area contributed by atoms with Gasteiger partial charge in [-0.3, -0.25) is 9.59 Å². The van der Waals surface area contributed by atoms with Gasteiger partial charge in [0.1, 0.15) is 15.4 Å². The molecular weight excluding hydrogens is 477 g/mol. The van der Waals surface area contributed by atoms with Gasteiger partial charge in [0.25, 0.3) is 5.91 Å². The van der Waals surface area contributed by atoms with Crippen LogP contribution in [0.3, 0.4) is 0 Å². The lowest BCUT2D eigenvalue weighted by molar-refractivity contribution is -0.126. The summed E-state index contributed by atoms with van der Waals surface area (Å²) in [6.07, 6.45) is 4.10. The van der Waals surface area contributed by atoms with E-state index in [0.717, 1.165) is 53.9 Å². The highest BCUT2D eigenvalue weighted by Gasteiger charge is 2.35. The number of benzene rings is 2. The molecule has 0 bridgehead atoms. The molecule has 1 N–H and O–H groups in total. The molecule has 2 amide bonds. The number of hydrogen-bond acceptors (Lipinski definition) is 4. The molecule has 0 aliphatic heterocycles. The van der Waals surface area contributed by atoms with Gasteiger partial charge in [0, 0.05) is 12.6 Å². The third kappa shape index (κ3) is 5.57. The van der Waals surface area contributed by atoms with E-state index in [1.807, 2.05) is 61.5 Å². The van der Waals surface area contributed by atoms with Crippen LogP contribution in [0.1, 0.15) is 58.9 Å². The molecule has 8 heteroatoms. The van der Waals surface area contributed by atoms with Gasteiger partial charge in [-0.2, -0.15) is 4.37 Å². The maximum atomic E-state index is 13.8. The molecule has 1 aromatic heterocycles. The zero-order valence-corrected chi connectivity index (χ0v) is 20.6. The van der Waals surface area contributed by atoms with E-state index in [-0.39, 0.29) is 33.5 Å². The first kappa shape index (κ1) is 23.7. The van der Waals surface area contributed by atoms with Crippen molar-refractivity contribution < 1.29 is 9.59 Å². The minimum absolute atomic E-state index is 0.0633. The highest BCUT2D eigenvalue weighted by Crippen LogP contribution is 2.33. The van der Waals surface area contributed by atoms with Crippen LogP contribution in [0.2, 0.25) is 9.36 Å². The highest BCUT2D eigenvalue weighted by molar-refractivity contribution is 7.11. The molecule has 1 saturated carbocycles. The lowest BCUT2D eigenvalue weighted by atomic mass is 10.0. The van der Waals surface area contributed by atoms with E-state index >= 15 is 0 Å². The van der Waals surface area contributed by atoms with Crippen molar-refractivity contribution in [2.75, 3.05) is 0 Å². The molecule has 33 heavy (non-hydrogen) atoms. The van der Waals surface area contributed by atoms with Gasteiger partial charge in [-0.15, -0.1) is 0 Å². The summed E-state index contributed by atoms with van der Waals surface area (Å²) in [4.78, 5) is 29.0. The second-order valence-corrected chi connectivity index (χ2v) is 10.1. The first-order valence-corrected chi connectivity index (χ1v) is 12.5. The maximum absolute atomic E-state index is 13.8. The SMILES string of the molecule is Cc1ccc([C@H](C(=O)NC2CCCC2)N(Cc2ccccc2)C(=O)c2nsc(Cl)c2Cl)cc1. The molecule has 172 valence electrons. The quantitative estimate of drug-likeness (QED) is 0.419. The van der Waals surface area contributed by atoms with Crippen molar-refractivity contribution in [1.29, 1.82) is 0 Å². The van der Waals surface area contributed by atoms with Crippen molar-refractivity contribution in [3.8, 4) is 0 Å². The van der Waals surface area contributed by atoms with Crippen LogP contribution in [0.5, 0.6) is 0 Å². The lowest BCUT2D eigenvalue weighted by Gasteiger charge is -2.32. The number of aryl methyl sites for hydroxylation is 1. The van der Waals surface area contributed by atoms with E-state index in [4.69, 9.17) is 23.2 Å². The summed E-state index contributed by atoms with van der Waals surface area (Å²) in [5, 5.41) is 3.29. The number of nitrogens with zero attached hydrogens (tertiary/aromatic N) is 2. The van der Waals surface area contributed by atoms with Crippen molar-refractivity contribution in [3.63, 3.8) is 0 Å². The normalized spacial score (nSPS) is 14.8. The summed E-state index contributed by atoms with van der Waals surface area (Å²) in [6.45, 7) is 2.21. The Morgan fingerprint density at radius 2 is 1.76 bits per heavy atom. The maximum Gasteiger partial charge on any atom is 0.276 e. The molecule has 5 nitrogen and oxygen atoms in total. The van der Waals surface area contributed by atoms with Gasteiger partial charge in [-0.25, -0.2) is 0 Å². The van der Waals surface area contributed by atoms with E-state index in [2.05, 4.69) is 9.69 Å². The van der Waals surface area contributed by atoms with Crippen LogP contribution in [0.15, 0.2) is 54.6 Å². The topological polar surface area (TPSA) is 62.3 Å². The Labute approximate surface area is 207 Å². The van der Waals surface area contributed by atoms with Crippen LogP contribution >= 0.6 is 34.7 Å². The first-order valence-electron chi connectivity index (χ1n) is 11.0. The predicted octanol–water partition coefficient (Wildman–Crippen LogP) is 6.20. The van der Waals surface area contributed by atoms with Crippen molar-refractivity contribution in [3.05, 3.63) is 86.3 Å². The minimum atomic E-state index is -0.838. The van der Waals surface area contributed by atoms with Gasteiger partial charge in [0.2, 0.25) is 5.91 Å². The molecule has 4 rings (SSSR count). The largest absolute Gasteiger partial charge is 0.351 e. The van der Waals surface area contributed by atoms with Gasteiger partial charge in [-0.05, 0) is 42.4 Å². The molecule has 3 aromatic rings. The first-order chi connectivity index (χ1) is 15.9. The van der Waals surface area contributed by atoms with Crippen LogP contribution in [0.25, 0.3) is 0 Å². The van der Waals surface area contributed by atoms with Crippen LogP contribution in [-0.4, -0.2) is 27.1 Å². The average molecular weight is 502 g/mol. The van der Waals surface area contributed by atoms with Gasteiger partial charge >= 0.3 is 0 Å². The summed E-state index contributed by atoms with van der Waals surface area (Å²) in [6, 6.07) is 16.6. The Hall–Kier alpha value is -2.41. The molecule has 1 heterocycles. The van der Waals surface area contributed by atoms with Crippen LogP contribution in [0, 0.1) is 6.92 Å². The number of amides is 2. The Morgan fingerprint density at radius 3 is 2.36 bits per heavy atom. The summed E-state index contributed by atoms with van der Waals surface area (Å²) >= 11 is 13.4. The van der Waals surface area contributed by atoms with Gasteiger partial charge in [-0.1, -0.05) is 96.2 Å². The third-order valence-electron chi connectivity index (χ3n) is 5.91. The molecule has 0 saturated heterocycles. The second kappa shape index (κ2) is 10.7. The fraction of sp³-hybridized carbons (Fsp3) is 0.320. The van der Waals surface area contributed by atoms with Crippen molar-refractivity contribution in [1.82, 2.24) is 14.6 Å². The molecular formula is C25H25Cl2N3O2S.